The summed E-state index contributed by atoms with van der Waals surface area (Å²) in [5.41, 5.74) is 3.27. The molecule has 0 N–H and O–H groups in total. The van der Waals surface area contributed by atoms with Crippen LogP contribution in [0.15, 0.2) is 35.6 Å². The number of hydrogen-bond acceptors (Lipinski definition) is 5. The van der Waals surface area contributed by atoms with Crippen molar-refractivity contribution in [2.24, 2.45) is 5.92 Å². The molecule has 3 aromatic rings. The molecular weight excluding hydrogens is 334 g/mol. The average molecular weight is 352 g/mol. The minimum absolute atomic E-state index is 0.747. The summed E-state index contributed by atoms with van der Waals surface area (Å²) in [7, 11) is 0. The van der Waals surface area contributed by atoms with Gasteiger partial charge in [0.15, 0.2) is 0 Å². The van der Waals surface area contributed by atoms with E-state index >= 15 is 0 Å². The Bertz CT molecular complexity index is 939. The minimum atomic E-state index is 0.747. The summed E-state index contributed by atoms with van der Waals surface area (Å²) < 4.78 is 0. The highest BCUT2D eigenvalue weighted by Gasteiger charge is 2.23. The molecule has 0 bridgehead atoms. The highest BCUT2D eigenvalue weighted by atomic mass is 32.2. The molecule has 1 aromatic carbocycles. The molecule has 120 valence electrons. The summed E-state index contributed by atoms with van der Waals surface area (Å²) in [5, 5.41) is 11.6. The van der Waals surface area contributed by atoms with Crippen molar-refractivity contribution < 1.29 is 0 Å². The first-order chi connectivity index (χ1) is 11.8. The number of fused-ring (bicyclic) bond motifs is 3. The SMILES string of the molecule is C[C@H]1CCc2c(sc3ncnc(SCc4ccccc4C#N)c23)C1. The fourth-order valence-electron chi connectivity index (χ4n) is 3.26. The topological polar surface area (TPSA) is 49.6 Å². The fraction of sp³-hybridized carbons (Fsp3) is 0.316. The monoisotopic (exact) mass is 351 g/mol. The van der Waals surface area contributed by atoms with Crippen LogP contribution in [0.4, 0.5) is 0 Å². The first kappa shape index (κ1) is 15.6. The zero-order chi connectivity index (χ0) is 16.5. The first-order valence-electron chi connectivity index (χ1n) is 8.12. The number of thiophene rings is 1. The summed E-state index contributed by atoms with van der Waals surface area (Å²) in [6, 6.07) is 10.1. The maximum Gasteiger partial charge on any atom is 0.128 e. The maximum absolute atomic E-state index is 9.25. The molecule has 0 saturated heterocycles. The van der Waals surface area contributed by atoms with Gasteiger partial charge in [-0.1, -0.05) is 25.1 Å². The molecule has 2 heterocycles. The van der Waals surface area contributed by atoms with Crippen LogP contribution in [0.3, 0.4) is 0 Å². The van der Waals surface area contributed by atoms with E-state index in [2.05, 4.69) is 23.0 Å². The summed E-state index contributed by atoms with van der Waals surface area (Å²) in [4.78, 5) is 11.7. The molecule has 1 atom stereocenters. The van der Waals surface area contributed by atoms with Gasteiger partial charge < -0.3 is 0 Å². The molecule has 0 amide bonds. The van der Waals surface area contributed by atoms with Crippen LogP contribution in [-0.2, 0) is 18.6 Å². The van der Waals surface area contributed by atoms with Gasteiger partial charge in [0.05, 0.1) is 11.6 Å². The number of nitriles is 1. The van der Waals surface area contributed by atoms with Crippen LogP contribution < -0.4 is 0 Å². The zero-order valence-corrected chi connectivity index (χ0v) is 15.1. The van der Waals surface area contributed by atoms with Crippen molar-refractivity contribution in [3.63, 3.8) is 0 Å². The molecule has 0 aliphatic heterocycles. The van der Waals surface area contributed by atoms with Gasteiger partial charge in [-0.2, -0.15) is 5.26 Å². The van der Waals surface area contributed by atoms with Gasteiger partial charge in [0, 0.05) is 16.0 Å². The third-order valence-electron chi connectivity index (χ3n) is 4.56. The Morgan fingerprint density at radius 3 is 3.08 bits per heavy atom. The second kappa shape index (κ2) is 6.54. The Hall–Kier alpha value is -1.90. The van der Waals surface area contributed by atoms with E-state index < -0.39 is 0 Å². The lowest BCUT2D eigenvalue weighted by atomic mass is 9.89. The largest absolute Gasteiger partial charge is 0.229 e. The highest BCUT2D eigenvalue weighted by molar-refractivity contribution is 7.98. The molecule has 0 unspecified atom stereocenters. The third-order valence-corrected chi connectivity index (χ3v) is 6.76. The highest BCUT2D eigenvalue weighted by Crippen LogP contribution is 2.41. The van der Waals surface area contributed by atoms with Crippen LogP contribution in [0.2, 0.25) is 0 Å². The Labute approximate surface area is 149 Å². The predicted molar refractivity (Wildman–Crippen MR) is 99.3 cm³/mol. The van der Waals surface area contributed by atoms with Gasteiger partial charge in [-0.05, 0) is 42.4 Å². The van der Waals surface area contributed by atoms with E-state index in [9.17, 15) is 5.26 Å². The van der Waals surface area contributed by atoms with Crippen molar-refractivity contribution in [1.82, 2.24) is 9.97 Å². The average Bonchev–Trinajstić information content (AvgIpc) is 2.98. The van der Waals surface area contributed by atoms with Gasteiger partial charge in [-0.15, -0.1) is 23.1 Å². The van der Waals surface area contributed by atoms with E-state index in [-0.39, 0.29) is 0 Å². The Balaban J connectivity index is 1.69. The predicted octanol–water partition coefficient (Wildman–Crippen LogP) is 4.98. The minimum Gasteiger partial charge on any atom is -0.229 e. The Kier molecular flexibility index (Phi) is 4.26. The zero-order valence-electron chi connectivity index (χ0n) is 13.5. The summed E-state index contributed by atoms with van der Waals surface area (Å²) in [5.74, 6) is 1.52. The standard InChI is InChI=1S/C19H17N3S2/c1-12-6-7-15-16(8-12)24-19-17(15)18(21-11-22-19)23-10-14-5-3-2-4-13(14)9-20/h2-5,11-12H,6-8,10H2,1H3/t12-/m0/s1. The van der Waals surface area contributed by atoms with E-state index in [0.29, 0.717) is 0 Å². The lowest BCUT2D eigenvalue weighted by Crippen LogP contribution is -2.08. The molecule has 0 fully saturated rings. The van der Waals surface area contributed by atoms with Crippen molar-refractivity contribution in [3.05, 3.63) is 52.2 Å². The molecule has 0 radical (unpaired) electrons. The van der Waals surface area contributed by atoms with Crippen molar-refractivity contribution in [2.45, 2.75) is 37.0 Å². The van der Waals surface area contributed by atoms with Crippen LogP contribution in [0.1, 0.15) is 34.9 Å². The molecule has 1 aliphatic rings. The van der Waals surface area contributed by atoms with Crippen molar-refractivity contribution in [3.8, 4) is 6.07 Å². The molecule has 1 aliphatic carbocycles. The molecule has 3 nitrogen and oxygen atoms in total. The molecule has 24 heavy (non-hydrogen) atoms. The summed E-state index contributed by atoms with van der Waals surface area (Å²) >= 11 is 3.55. The Morgan fingerprint density at radius 1 is 1.33 bits per heavy atom. The van der Waals surface area contributed by atoms with E-state index in [1.54, 1.807) is 18.1 Å². The Morgan fingerprint density at radius 2 is 2.21 bits per heavy atom. The van der Waals surface area contributed by atoms with E-state index in [1.807, 2.05) is 35.6 Å². The van der Waals surface area contributed by atoms with Crippen LogP contribution in [-0.4, -0.2) is 9.97 Å². The van der Waals surface area contributed by atoms with Crippen LogP contribution in [0.5, 0.6) is 0 Å². The first-order valence-corrected chi connectivity index (χ1v) is 9.92. The number of hydrogen-bond donors (Lipinski definition) is 0. The summed E-state index contributed by atoms with van der Waals surface area (Å²) in [6.07, 6.45) is 5.21. The number of rotatable bonds is 3. The van der Waals surface area contributed by atoms with Crippen LogP contribution in [0, 0.1) is 17.2 Å². The lowest BCUT2D eigenvalue weighted by molar-refractivity contribution is 0.509. The quantitative estimate of drug-likeness (QED) is 0.493. The maximum atomic E-state index is 9.25. The van der Waals surface area contributed by atoms with E-state index in [4.69, 9.17) is 0 Å². The fourth-order valence-corrected chi connectivity index (χ4v) is 5.70. The van der Waals surface area contributed by atoms with Gasteiger partial charge >= 0.3 is 0 Å². The number of nitrogens with zero attached hydrogens (tertiary/aromatic N) is 3. The second-order valence-electron chi connectivity index (χ2n) is 6.27. The van der Waals surface area contributed by atoms with Crippen molar-refractivity contribution in [1.29, 1.82) is 5.26 Å². The van der Waals surface area contributed by atoms with Gasteiger partial charge in [0.2, 0.25) is 0 Å². The molecule has 0 spiro atoms. The van der Waals surface area contributed by atoms with E-state index in [0.717, 1.165) is 45.5 Å². The smallest absolute Gasteiger partial charge is 0.128 e. The molecule has 5 heteroatoms. The van der Waals surface area contributed by atoms with Crippen molar-refractivity contribution >= 4 is 33.3 Å². The van der Waals surface area contributed by atoms with E-state index in [1.165, 1.54) is 22.2 Å². The third kappa shape index (κ3) is 2.81. The number of aromatic nitrogens is 2. The van der Waals surface area contributed by atoms with Crippen LogP contribution >= 0.6 is 23.1 Å². The lowest BCUT2D eigenvalue weighted by Gasteiger charge is -2.18. The summed E-state index contributed by atoms with van der Waals surface area (Å²) in [6.45, 7) is 2.33. The van der Waals surface area contributed by atoms with Gasteiger partial charge in [-0.3, -0.25) is 0 Å². The van der Waals surface area contributed by atoms with Gasteiger partial charge in [-0.25, -0.2) is 9.97 Å². The number of aryl methyl sites for hydroxylation is 1. The van der Waals surface area contributed by atoms with Crippen molar-refractivity contribution in [2.75, 3.05) is 0 Å². The normalized spacial score (nSPS) is 16.8. The molecule has 4 rings (SSSR count). The molecule has 2 aromatic heterocycles. The van der Waals surface area contributed by atoms with Gasteiger partial charge in [0.1, 0.15) is 16.2 Å². The number of benzene rings is 1. The molecule has 0 saturated carbocycles. The second-order valence-corrected chi connectivity index (χ2v) is 8.32. The molecular formula is C19H17N3S2. The number of thioether (sulfide) groups is 1. The van der Waals surface area contributed by atoms with Gasteiger partial charge in [0.25, 0.3) is 0 Å². The van der Waals surface area contributed by atoms with Crippen LogP contribution in [0.25, 0.3) is 10.2 Å².